The van der Waals surface area contributed by atoms with Gasteiger partial charge in [0.15, 0.2) is 0 Å². The van der Waals surface area contributed by atoms with E-state index in [9.17, 15) is 19.5 Å². The summed E-state index contributed by atoms with van der Waals surface area (Å²) in [5.74, 6) is -2.66. The first-order valence-electron chi connectivity index (χ1n) is 11.9. The largest absolute Gasteiger partial charge is 0.461 e. The van der Waals surface area contributed by atoms with Crippen molar-refractivity contribution in [3.63, 3.8) is 0 Å². The van der Waals surface area contributed by atoms with E-state index in [-0.39, 0.29) is 25.0 Å². The SMILES string of the molecule is C[C@]12C=CCOC(=O)[C@H]1[C@H]1C(=O)N(CCCCO)C3C(=O)N(Cc4ccccc4)CC=C[C@@]31O2. The van der Waals surface area contributed by atoms with Gasteiger partial charge in [0, 0.05) is 26.2 Å². The van der Waals surface area contributed by atoms with Crippen molar-refractivity contribution in [3.05, 3.63) is 60.2 Å². The van der Waals surface area contributed by atoms with Crippen LogP contribution in [-0.4, -0.2) is 76.2 Å². The first kappa shape index (κ1) is 22.8. The molecule has 0 radical (unpaired) electrons. The average Bonchev–Trinajstić information content (AvgIpc) is 3.08. The van der Waals surface area contributed by atoms with Gasteiger partial charge in [-0.25, -0.2) is 0 Å². The number of likely N-dealkylation sites (tertiary alicyclic amines) is 1. The van der Waals surface area contributed by atoms with Crippen LogP contribution in [0.15, 0.2) is 54.6 Å². The Balaban J connectivity index is 1.56. The van der Waals surface area contributed by atoms with Crippen LogP contribution in [0.5, 0.6) is 0 Å². The topological polar surface area (TPSA) is 96.4 Å². The van der Waals surface area contributed by atoms with Crippen molar-refractivity contribution in [3.8, 4) is 0 Å². The summed E-state index contributed by atoms with van der Waals surface area (Å²) in [5, 5.41) is 9.27. The number of aliphatic hydroxyl groups is 1. The molecule has 180 valence electrons. The lowest BCUT2D eigenvalue weighted by Crippen LogP contribution is -2.55. The van der Waals surface area contributed by atoms with Crippen LogP contribution in [-0.2, 0) is 30.4 Å². The monoisotopic (exact) mass is 466 g/mol. The van der Waals surface area contributed by atoms with Crippen molar-refractivity contribution < 1.29 is 29.0 Å². The van der Waals surface area contributed by atoms with Crippen molar-refractivity contribution in [1.29, 1.82) is 0 Å². The molecule has 1 aromatic rings. The Kier molecular flexibility index (Phi) is 5.81. The lowest BCUT2D eigenvalue weighted by molar-refractivity contribution is -0.158. The predicted octanol–water partition coefficient (Wildman–Crippen LogP) is 1.44. The van der Waals surface area contributed by atoms with E-state index >= 15 is 0 Å². The third kappa shape index (κ3) is 3.47. The van der Waals surface area contributed by atoms with Crippen molar-refractivity contribution in [2.24, 2.45) is 11.8 Å². The molecule has 1 unspecified atom stereocenters. The van der Waals surface area contributed by atoms with Gasteiger partial charge in [-0.05, 0) is 31.4 Å². The maximum atomic E-state index is 14.0. The van der Waals surface area contributed by atoms with Gasteiger partial charge in [-0.2, -0.15) is 0 Å². The highest BCUT2D eigenvalue weighted by Gasteiger charge is 2.74. The van der Waals surface area contributed by atoms with Gasteiger partial charge in [-0.15, -0.1) is 0 Å². The molecule has 4 aliphatic heterocycles. The smallest absolute Gasteiger partial charge is 0.313 e. The van der Waals surface area contributed by atoms with Crippen LogP contribution in [0.4, 0.5) is 0 Å². The van der Waals surface area contributed by atoms with Gasteiger partial charge in [0.25, 0.3) is 0 Å². The van der Waals surface area contributed by atoms with Gasteiger partial charge in [-0.3, -0.25) is 14.4 Å². The predicted molar refractivity (Wildman–Crippen MR) is 122 cm³/mol. The molecule has 2 saturated heterocycles. The zero-order valence-electron chi connectivity index (χ0n) is 19.3. The lowest BCUT2D eigenvalue weighted by atomic mass is 9.75. The third-order valence-electron chi connectivity index (χ3n) is 7.42. The summed E-state index contributed by atoms with van der Waals surface area (Å²) in [6.07, 6.45) is 8.29. The second-order valence-electron chi connectivity index (χ2n) is 9.60. The number of carbonyl (C=O) groups excluding carboxylic acids is 3. The fourth-order valence-electron chi connectivity index (χ4n) is 5.98. The van der Waals surface area contributed by atoms with Crippen molar-refractivity contribution in [2.75, 3.05) is 26.3 Å². The molecule has 1 aromatic carbocycles. The third-order valence-corrected chi connectivity index (χ3v) is 7.42. The van der Waals surface area contributed by atoms with Gasteiger partial charge < -0.3 is 24.4 Å². The minimum absolute atomic E-state index is 0.00354. The van der Waals surface area contributed by atoms with Gasteiger partial charge in [0.1, 0.15) is 24.2 Å². The maximum Gasteiger partial charge on any atom is 0.313 e. The number of benzene rings is 1. The molecule has 4 aliphatic rings. The van der Waals surface area contributed by atoms with Crippen LogP contribution in [0.1, 0.15) is 25.3 Å². The molecule has 0 aromatic heterocycles. The number of esters is 1. The lowest BCUT2D eigenvalue weighted by Gasteiger charge is -2.37. The fraction of sp³-hybridized carbons (Fsp3) is 0.500. The summed E-state index contributed by atoms with van der Waals surface area (Å²) in [6, 6.07) is 8.82. The van der Waals surface area contributed by atoms with Gasteiger partial charge in [0.05, 0.1) is 11.5 Å². The Morgan fingerprint density at radius 1 is 1.03 bits per heavy atom. The average molecular weight is 467 g/mol. The Bertz CT molecular complexity index is 1040. The summed E-state index contributed by atoms with van der Waals surface area (Å²) >= 11 is 0. The molecule has 4 heterocycles. The number of aliphatic hydroxyl groups excluding tert-OH is 1. The Hall–Kier alpha value is -2.97. The molecular formula is C26H30N2O6. The number of carbonyl (C=O) groups is 3. The number of unbranched alkanes of at least 4 members (excludes halogenated alkanes) is 1. The number of cyclic esters (lactones) is 1. The number of nitrogens with zero attached hydrogens (tertiary/aromatic N) is 2. The normalized spacial score (nSPS) is 34.4. The summed E-state index contributed by atoms with van der Waals surface area (Å²) in [6.45, 7) is 3.01. The molecule has 5 rings (SSSR count). The number of ether oxygens (including phenoxy) is 2. The van der Waals surface area contributed by atoms with Crippen LogP contribution in [0.25, 0.3) is 0 Å². The quantitative estimate of drug-likeness (QED) is 0.387. The molecule has 0 saturated carbocycles. The van der Waals surface area contributed by atoms with E-state index in [1.165, 1.54) is 0 Å². The minimum atomic E-state index is -1.26. The zero-order valence-corrected chi connectivity index (χ0v) is 19.3. The number of amides is 2. The highest BCUT2D eigenvalue weighted by molar-refractivity contribution is 5.99. The van der Waals surface area contributed by atoms with Crippen molar-refractivity contribution in [2.45, 2.75) is 43.6 Å². The van der Waals surface area contributed by atoms with E-state index < -0.39 is 35.0 Å². The van der Waals surface area contributed by atoms with Crippen LogP contribution in [0, 0.1) is 11.8 Å². The van der Waals surface area contributed by atoms with Crippen molar-refractivity contribution >= 4 is 17.8 Å². The first-order valence-corrected chi connectivity index (χ1v) is 11.9. The van der Waals surface area contributed by atoms with Gasteiger partial charge in [0.2, 0.25) is 11.8 Å². The summed E-state index contributed by atoms with van der Waals surface area (Å²) in [5.41, 5.74) is -1.33. The summed E-state index contributed by atoms with van der Waals surface area (Å²) < 4.78 is 12.0. The Morgan fingerprint density at radius 3 is 2.59 bits per heavy atom. The second-order valence-corrected chi connectivity index (χ2v) is 9.60. The zero-order chi connectivity index (χ0) is 23.9. The van der Waals surface area contributed by atoms with Crippen LogP contribution in [0.2, 0.25) is 0 Å². The fourth-order valence-corrected chi connectivity index (χ4v) is 5.98. The van der Waals surface area contributed by atoms with E-state index in [2.05, 4.69) is 0 Å². The molecule has 1 spiro atoms. The molecule has 5 atom stereocenters. The van der Waals surface area contributed by atoms with Crippen molar-refractivity contribution in [1.82, 2.24) is 9.80 Å². The number of fused-ring (bicyclic) bond motifs is 2. The number of rotatable bonds is 6. The molecule has 8 heteroatoms. The minimum Gasteiger partial charge on any atom is -0.461 e. The molecule has 8 nitrogen and oxygen atoms in total. The molecular weight excluding hydrogens is 436 g/mol. The molecule has 1 N–H and O–H groups in total. The molecule has 2 fully saturated rings. The molecule has 2 amide bonds. The van der Waals surface area contributed by atoms with E-state index in [0.29, 0.717) is 32.5 Å². The van der Waals surface area contributed by atoms with E-state index in [4.69, 9.17) is 9.47 Å². The second kappa shape index (κ2) is 8.67. The van der Waals surface area contributed by atoms with E-state index in [1.54, 1.807) is 28.9 Å². The van der Waals surface area contributed by atoms with Crippen LogP contribution >= 0.6 is 0 Å². The first-order chi connectivity index (χ1) is 16.4. The van der Waals surface area contributed by atoms with Crippen LogP contribution in [0.3, 0.4) is 0 Å². The molecule has 0 aliphatic carbocycles. The number of hydrogen-bond acceptors (Lipinski definition) is 6. The Labute approximate surface area is 198 Å². The number of hydrogen-bond donors (Lipinski definition) is 1. The van der Waals surface area contributed by atoms with Crippen LogP contribution < -0.4 is 0 Å². The van der Waals surface area contributed by atoms with Gasteiger partial charge in [-0.1, -0.05) is 48.6 Å². The summed E-state index contributed by atoms with van der Waals surface area (Å²) in [7, 11) is 0. The summed E-state index contributed by atoms with van der Waals surface area (Å²) in [4.78, 5) is 44.2. The standard InChI is InChI=1S/C26H30N2O6/c1-25-11-8-16-33-24(32)20(25)19-22(30)28(14-5-6-15-29)21-23(31)27(13-7-12-26(19,21)34-25)17-18-9-3-2-4-10-18/h2-4,7-12,19-21,29H,5-6,13-17H2,1H3/t19-,20+,21?,25-,26-/m0/s1. The van der Waals surface area contributed by atoms with E-state index in [0.717, 1.165) is 5.56 Å². The van der Waals surface area contributed by atoms with E-state index in [1.807, 2.05) is 42.5 Å². The highest BCUT2D eigenvalue weighted by Crippen LogP contribution is 2.57. The molecule has 34 heavy (non-hydrogen) atoms. The van der Waals surface area contributed by atoms with Gasteiger partial charge >= 0.3 is 5.97 Å². The maximum absolute atomic E-state index is 14.0. The Morgan fingerprint density at radius 2 is 1.82 bits per heavy atom. The molecule has 0 bridgehead atoms. The highest BCUT2D eigenvalue weighted by atomic mass is 16.6.